The van der Waals surface area contributed by atoms with Gasteiger partial charge in [0.25, 0.3) is 11.8 Å². The Morgan fingerprint density at radius 2 is 1.58 bits per heavy atom. The number of carbonyl (C=O) groups excluding carboxylic acids is 3. The molecule has 24 heavy (non-hydrogen) atoms. The van der Waals surface area contributed by atoms with Crippen LogP contribution < -0.4 is 0 Å². The van der Waals surface area contributed by atoms with Gasteiger partial charge in [-0.2, -0.15) is 11.8 Å². The van der Waals surface area contributed by atoms with Crippen LogP contribution in [0, 0.1) is 0 Å². The molecule has 2 aromatic carbocycles. The standard InChI is InChI=1S/C18H15NO4S/c1-2-24-11-12-7-9-13(10-8-12)18(22)23-19-16(20)14-5-3-4-6-15(14)17(19)21/h3-10H,2,11H2,1H3. The van der Waals surface area contributed by atoms with E-state index in [-0.39, 0.29) is 16.7 Å². The van der Waals surface area contributed by atoms with Crippen molar-refractivity contribution in [2.24, 2.45) is 0 Å². The van der Waals surface area contributed by atoms with Crippen molar-refractivity contribution in [1.29, 1.82) is 0 Å². The maximum Gasteiger partial charge on any atom is 0.363 e. The molecule has 5 nitrogen and oxygen atoms in total. The lowest BCUT2D eigenvalue weighted by atomic mass is 10.1. The molecule has 0 N–H and O–H groups in total. The first kappa shape index (κ1) is 16.3. The highest BCUT2D eigenvalue weighted by Gasteiger charge is 2.38. The van der Waals surface area contributed by atoms with Gasteiger partial charge >= 0.3 is 5.97 Å². The summed E-state index contributed by atoms with van der Waals surface area (Å²) in [6, 6.07) is 13.3. The van der Waals surface area contributed by atoms with Crippen molar-refractivity contribution in [1.82, 2.24) is 5.06 Å². The van der Waals surface area contributed by atoms with E-state index < -0.39 is 17.8 Å². The minimum atomic E-state index is -0.737. The third kappa shape index (κ3) is 3.05. The summed E-state index contributed by atoms with van der Waals surface area (Å²) in [4.78, 5) is 41.6. The first-order valence-corrected chi connectivity index (χ1v) is 8.64. The van der Waals surface area contributed by atoms with Crippen LogP contribution in [-0.2, 0) is 10.6 Å². The molecule has 122 valence electrons. The molecule has 2 amide bonds. The molecule has 0 atom stereocenters. The van der Waals surface area contributed by atoms with Crippen LogP contribution in [0.1, 0.15) is 43.6 Å². The molecule has 0 saturated carbocycles. The number of hydroxylamine groups is 2. The Morgan fingerprint density at radius 1 is 1.00 bits per heavy atom. The Bertz CT molecular complexity index is 766. The summed E-state index contributed by atoms with van der Waals surface area (Å²) >= 11 is 1.78. The van der Waals surface area contributed by atoms with E-state index in [1.165, 1.54) is 12.1 Å². The predicted molar refractivity (Wildman–Crippen MR) is 90.6 cm³/mol. The van der Waals surface area contributed by atoms with Gasteiger partial charge in [0.1, 0.15) is 0 Å². The van der Waals surface area contributed by atoms with E-state index >= 15 is 0 Å². The summed E-state index contributed by atoms with van der Waals surface area (Å²) in [5.41, 5.74) is 1.86. The molecule has 0 unspecified atom stereocenters. The second-order valence-electron chi connectivity index (χ2n) is 5.16. The Balaban J connectivity index is 1.72. The van der Waals surface area contributed by atoms with Gasteiger partial charge in [-0.25, -0.2) is 4.79 Å². The SMILES string of the molecule is CCSCc1ccc(C(=O)ON2C(=O)c3ccccc3C2=O)cc1. The molecular weight excluding hydrogens is 326 g/mol. The van der Waals surface area contributed by atoms with Crippen LogP contribution in [0.2, 0.25) is 0 Å². The number of imide groups is 1. The zero-order chi connectivity index (χ0) is 17.1. The van der Waals surface area contributed by atoms with Crippen molar-refractivity contribution >= 4 is 29.5 Å². The summed E-state index contributed by atoms with van der Waals surface area (Å²) < 4.78 is 0. The highest BCUT2D eigenvalue weighted by Crippen LogP contribution is 2.23. The van der Waals surface area contributed by atoms with Crippen molar-refractivity contribution < 1.29 is 19.2 Å². The average molecular weight is 341 g/mol. The van der Waals surface area contributed by atoms with Crippen molar-refractivity contribution in [3.05, 3.63) is 70.8 Å². The molecule has 2 aromatic rings. The first-order valence-electron chi connectivity index (χ1n) is 7.48. The molecule has 0 aliphatic carbocycles. The molecule has 1 heterocycles. The molecule has 0 radical (unpaired) electrons. The van der Waals surface area contributed by atoms with Gasteiger partial charge in [0.05, 0.1) is 16.7 Å². The smallest absolute Gasteiger partial charge is 0.324 e. The predicted octanol–water partition coefficient (Wildman–Crippen LogP) is 3.31. The maximum absolute atomic E-state index is 12.2. The van der Waals surface area contributed by atoms with E-state index in [0.717, 1.165) is 17.1 Å². The van der Waals surface area contributed by atoms with Crippen LogP contribution in [0.25, 0.3) is 0 Å². The van der Waals surface area contributed by atoms with Crippen LogP contribution in [-0.4, -0.2) is 28.6 Å². The molecule has 1 aliphatic rings. The summed E-state index contributed by atoms with van der Waals surface area (Å²) in [7, 11) is 0. The monoisotopic (exact) mass is 341 g/mol. The van der Waals surface area contributed by atoms with Crippen molar-refractivity contribution in [2.75, 3.05) is 5.75 Å². The van der Waals surface area contributed by atoms with Crippen molar-refractivity contribution in [2.45, 2.75) is 12.7 Å². The Kier molecular flexibility index (Phi) is 4.66. The Hall–Kier alpha value is -2.60. The molecular formula is C18H15NO4S. The molecule has 6 heteroatoms. The Morgan fingerprint density at radius 3 is 2.12 bits per heavy atom. The normalized spacial score (nSPS) is 13.1. The van der Waals surface area contributed by atoms with Crippen molar-refractivity contribution in [3.63, 3.8) is 0 Å². The number of rotatable bonds is 5. The minimum Gasteiger partial charge on any atom is -0.324 e. The topological polar surface area (TPSA) is 63.7 Å². The number of benzene rings is 2. The van der Waals surface area contributed by atoms with E-state index in [4.69, 9.17) is 4.84 Å². The molecule has 0 fully saturated rings. The van der Waals surface area contributed by atoms with E-state index in [1.807, 2.05) is 12.1 Å². The van der Waals surface area contributed by atoms with E-state index in [9.17, 15) is 14.4 Å². The first-order chi connectivity index (χ1) is 11.6. The fraction of sp³-hybridized carbons (Fsp3) is 0.167. The largest absolute Gasteiger partial charge is 0.363 e. The zero-order valence-electron chi connectivity index (χ0n) is 13.0. The van der Waals surface area contributed by atoms with Crippen LogP contribution in [0.5, 0.6) is 0 Å². The molecule has 0 aromatic heterocycles. The molecule has 0 saturated heterocycles. The average Bonchev–Trinajstić information content (AvgIpc) is 2.85. The van der Waals surface area contributed by atoms with E-state index in [1.54, 1.807) is 36.0 Å². The number of fused-ring (bicyclic) bond motifs is 1. The molecule has 3 rings (SSSR count). The molecule has 1 aliphatic heterocycles. The fourth-order valence-electron chi connectivity index (χ4n) is 2.34. The number of carbonyl (C=O) groups is 3. The van der Waals surface area contributed by atoms with Gasteiger partial charge < -0.3 is 4.84 Å². The van der Waals surface area contributed by atoms with Crippen LogP contribution in [0.15, 0.2) is 48.5 Å². The van der Waals surface area contributed by atoms with Gasteiger partial charge in [-0.05, 0) is 35.6 Å². The van der Waals surface area contributed by atoms with Gasteiger partial charge in [0.15, 0.2) is 0 Å². The van der Waals surface area contributed by atoms with Crippen LogP contribution >= 0.6 is 11.8 Å². The summed E-state index contributed by atoms with van der Waals surface area (Å²) in [5.74, 6) is -0.104. The second-order valence-corrected chi connectivity index (χ2v) is 6.44. The van der Waals surface area contributed by atoms with Gasteiger partial charge in [0.2, 0.25) is 0 Å². The lowest BCUT2D eigenvalue weighted by Crippen LogP contribution is -2.32. The number of hydrogen-bond acceptors (Lipinski definition) is 5. The van der Waals surface area contributed by atoms with Crippen molar-refractivity contribution in [3.8, 4) is 0 Å². The zero-order valence-corrected chi connectivity index (χ0v) is 13.8. The second kappa shape index (κ2) is 6.88. The third-order valence-corrected chi connectivity index (χ3v) is 4.54. The third-order valence-electron chi connectivity index (χ3n) is 3.59. The summed E-state index contributed by atoms with van der Waals surface area (Å²) in [6.07, 6.45) is 0. The number of thioether (sulfide) groups is 1. The number of amides is 2. The van der Waals surface area contributed by atoms with Gasteiger partial charge in [0, 0.05) is 5.75 Å². The molecule has 0 bridgehead atoms. The quantitative estimate of drug-likeness (QED) is 0.781. The summed E-state index contributed by atoms with van der Waals surface area (Å²) in [5, 5.41) is 0.522. The van der Waals surface area contributed by atoms with Gasteiger partial charge in [-0.1, -0.05) is 36.3 Å². The molecule has 0 spiro atoms. The number of nitrogens with zero attached hydrogens (tertiary/aromatic N) is 1. The summed E-state index contributed by atoms with van der Waals surface area (Å²) in [6.45, 7) is 2.08. The highest BCUT2D eigenvalue weighted by atomic mass is 32.2. The minimum absolute atomic E-state index is 0.238. The highest BCUT2D eigenvalue weighted by molar-refractivity contribution is 7.98. The Labute approximate surface area is 143 Å². The number of hydrogen-bond donors (Lipinski definition) is 0. The van der Waals surface area contributed by atoms with Gasteiger partial charge in [-0.15, -0.1) is 0 Å². The van der Waals surface area contributed by atoms with Crippen LogP contribution in [0.3, 0.4) is 0 Å². The lowest BCUT2D eigenvalue weighted by Gasteiger charge is -2.12. The van der Waals surface area contributed by atoms with E-state index in [0.29, 0.717) is 5.06 Å². The fourth-order valence-corrected chi connectivity index (χ4v) is 2.97. The van der Waals surface area contributed by atoms with Crippen LogP contribution in [0.4, 0.5) is 0 Å². The maximum atomic E-state index is 12.2. The lowest BCUT2D eigenvalue weighted by molar-refractivity contribution is -0.0584. The van der Waals surface area contributed by atoms with E-state index in [2.05, 4.69) is 6.92 Å². The van der Waals surface area contributed by atoms with Gasteiger partial charge in [-0.3, -0.25) is 9.59 Å².